The van der Waals surface area contributed by atoms with Gasteiger partial charge in [-0.1, -0.05) is 0 Å². The number of aliphatic hydroxyl groups excluding tert-OH is 1. The summed E-state index contributed by atoms with van der Waals surface area (Å²) in [4.78, 5) is 18.1. The smallest absolute Gasteiger partial charge is 0.222 e. The summed E-state index contributed by atoms with van der Waals surface area (Å²) in [6, 6.07) is 0. The van der Waals surface area contributed by atoms with Crippen LogP contribution in [0.2, 0.25) is 0 Å². The second kappa shape index (κ2) is 6.33. The normalized spacial score (nSPS) is 23.6. The van der Waals surface area contributed by atoms with Gasteiger partial charge in [-0.25, -0.2) is 0 Å². The molecule has 0 aromatic heterocycles. The lowest BCUT2D eigenvalue weighted by atomic mass is 10.3. The van der Waals surface area contributed by atoms with Gasteiger partial charge in [-0.3, -0.25) is 14.6 Å². The monoisotopic (exact) mass is 241 g/mol. The van der Waals surface area contributed by atoms with E-state index in [1.165, 1.54) is 0 Å². The Hall–Kier alpha value is -0.650. The number of piperazine rings is 1. The molecule has 0 atom stereocenters. The summed E-state index contributed by atoms with van der Waals surface area (Å²) in [7, 11) is 0. The fraction of sp³-hybridized carbons (Fsp3) is 0.917. The van der Waals surface area contributed by atoms with Crippen molar-refractivity contribution in [2.75, 3.05) is 59.0 Å². The van der Waals surface area contributed by atoms with Gasteiger partial charge >= 0.3 is 0 Å². The zero-order chi connectivity index (χ0) is 12.1. The number of amides is 1. The lowest BCUT2D eigenvalue weighted by Gasteiger charge is -2.35. The molecule has 2 rings (SSSR count). The first-order chi connectivity index (χ1) is 8.29. The Labute approximate surface area is 103 Å². The van der Waals surface area contributed by atoms with Gasteiger partial charge in [-0.05, 0) is 6.42 Å². The molecule has 98 valence electrons. The van der Waals surface area contributed by atoms with Crippen LogP contribution in [0.25, 0.3) is 0 Å². The second-order valence-corrected chi connectivity index (χ2v) is 4.89. The highest BCUT2D eigenvalue weighted by Crippen LogP contribution is 2.09. The zero-order valence-corrected chi connectivity index (χ0v) is 10.5. The molecule has 17 heavy (non-hydrogen) atoms. The van der Waals surface area contributed by atoms with Gasteiger partial charge in [-0.15, -0.1) is 0 Å². The number of hydrogen-bond donors (Lipinski definition) is 1. The Kier molecular flexibility index (Phi) is 4.76. The van der Waals surface area contributed by atoms with Crippen molar-refractivity contribution >= 4 is 5.91 Å². The summed E-state index contributed by atoms with van der Waals surface area (Å²) in [6.07, 6.45) is 1.77. The molecule has 5 heteroatoms. The minimum atomic E-state index is 0.252. The van der Waals surface area contributed by atoms with Gasteiger partial charge < -0.3 is 10.0 Å². The number of nitrogens with zero attached hydrogens (tertiary/aromatic N) is 3. The van der Waals surface area contributed by atoms with Crippen LogP contribution in [-0.4, -0.2) is 84.7 Å². The van der Waals surface area contributed by atoms with Crippen LogP contribution in [0.5, 0.6) is 0 Å². The third-order valence-corrected chi connectivity index (χ3v) is 3.74. The van der Waals surface area contributed by atoms with Crippen LogP contribution in [0.15, 0.2) is 0 Å². The zero-order valence-electron chi connectivity index (χ0n) is 10.5. The number of likely N-dealkylation sites (tertiary alicyclic amines) is 1. The summed E-state index contributed by atoms with van der Waals surface area (Å²) in [5.74, 6) is 0.323. The molecule has 0 radical (unpaired) electrons. The minimum absolute atomic E-state index is 0.252. The van der Waals surface area contributed by atoms with Crippen molar-refractivity contribution in [2.24, 2.45) is 0 Å². The van der Waals surface area contributed by atoms with Gasteiger partial charge in [0.2, 0.25) is 5.91 Å². The lowest BCUT2D eigenvalue weighted by molar-refractivity contribution is -0.127. The predicted molar refractivity (Wildman–Crippen MR) is 65.8 cm³/mol. The van der Waals surface area contributed by atoms with Crippen LogP contribution in [0.3, 0.4) is 0 Å². The molecule has 2 fully saturated rings. The Morgan fingerprint density at radius 2 is 1.59 bits per heavy atom. The van der Waals surface area contributed by atoms with Crippen LogP contribution >= 0.6 is 0 Å². The van der Waals surface area contributed by atoms with Crippen molar-refractivity contribution in [3.8, 4) is 0 Å². The number of hydrogen-bond acceptors (Lipinski definition) is 4. The van der Waals surface area contributed by atoms with E-state index in [2.05, 4.69) is 9.80 Å². The second-order valence-electron chi connectivity index (χ2n) is 4.89. The van der Waals surface area contributed by atoms with E-state index in [4.69, 9.17) is 5.11 Å². The highest BCUT2D eigenvalue weighted by molar-refractivity contribution is 5.78. The van der Waals surface area contributed by atoms with E-state index in [9.17, 15) is 4.79 Å². The van der Waals surface area contributed by atoms with E-state index in [1.807, 2.05) is 4.90 Å². The number of β-amino-alcohol motifs (C(OH)–C–C–N with tert-alkyl or cyclic N) is 1. The van der Waals surface area contributed by atoms with E-state index < -0.39 is 0 Å². The molecule has 2 aliphatic rings. The molecule has 2 saturated heterocycles. The van der Waals surface area contributed by atoms with Gasteiger partial charge in [-0.2, -0.15) is 0 Å². The van der Waals surface area contributed by atoms with Gasteiger partial charge in [0.05, 0.1) is 6.61 Å². The van der Waals surface area contributed by atoms with Crippen molar-refractivity contribution in [2.45, 2.75) is 12.8 Å². The molecule has 2 aliphatic heterocycles. The van der Waals surface area contributed by atoms with Crippen LogP contribution in [-0.2, 0) is 4.79 Å². The SMILES string of the molecule is O=C1CCCN1CCN1CCN(CCO)CC1. The number of rotatable bonds is 5. The topological polar surface area (TPSA) is 47.0 Å². The Bertz CT molecular complexity index is 252. The van der Waals surface area contributed by atoms with Crippen molar-refractivity contribution in [1.29, 1.82) is 0 Å². The third kappa shape index (κ3) is 3.66. The maximum Gasteiger partial charge on any atom is 0.222 e. The predicted octanol–water partition coefficient (Wildman–Crippen LogP) is -0.781. The average molecular weight is 241 g/mol. The average Bonchev–Trinajstić information content (AvgIpc) is 2.75. The molecule has 0 aliphatic carbocycles. The summed E-state index contributed by atoms with van der Waals surface area (Å²) in [6.45, 7) is 8.06. The molecular formula is C12H23N3O2. The van der Waals surface area contributed by atoms with Crippen molar-refractivity contribution < 1.29 is 9.90 Å². The Morgan fingerprint density at radius 1 is 0.941 bits per heavy atom. The molecule has 5 nitrogen and oxygen atoms in total. The van der Waals surface area contributed by atoms with Crippen molar-refractivity contribution in [3.05, 3.63) is 0 Å². The summed E-state index contributed by atoms with van der Waals surface area (Å²) in [5.41, 5.74) is 0. The molecular weight excluding hydrogens is 218 g/mol. The van der Waals surface area contributed by atoms with Gasteiger partial charge in [0.15, 0.2) is 0 Å². The van der Waals surface area contributed by atoms with E-state index in [0.717, 1.165) is 65.2 Å². The molecule has 0 bridgehead atoms. The highest BCUT2D eigenvalue weighted by atomic mass is 16.3. The van der Waals surface area contributed by atoms with Gasteiger partial charge in [0.1, 0.15) is 0 Å². The van der Waals surface area contributed by atoms with Crippen molar-refractivity contribution in [3.63, 3.8) is 0 Å². The van der Waals surface area contributed by atoms with E-state index >= 15 is 0 Å². The Morgan fingerprint density at radius 3 is 2.12 bits per heavy atom. The van der Waals surface area contributed by atoms with Crippen LogP contribution in [0.1, 0.15) is 12.8 Å². The molecule has 1 amide bonds. The van der Waals surface area contributed by atoms with Gasteiger partial charge in [0.25, 0.3) is 0 Å². The first kappa shape index (κ1) is 12.8. The molecule has 0 spiro atoms. The fourth-order valence-electron chi connectivity index (χ4n) is 2.58. The number of carbonyl (C=O) groups is 1. The molecule has 2 heterocycles. The first-order valence-electron chi connectivity index (χ1n) is 6.63. The largest absolute Gasteiger partial charge is 0.395 e. The molecule has 0 unspecified atom stereocenters. The molecule has 1 N–H and O–H groups in total. The molecule has 0 aromatic carbocycles. The fourth-order valence-corrected chi connectivity index (χ4v) is 2.58. The molecule has 0 saturated carbocycles. The van der Waals surface area contributed by atoms with Crippen molar-refractivity contribution in [1.82, 2.24) is 14.7 Å². The highest BCUT2D eigenvalue weighted by Gasteiger charge is 2.21. The maximum absolute atomic E-state index is 11.5. The summed E-state index contributed by atoms with van der Waals surface area (Å²) >= 11 is 0. The molecule has 0 aromatic rings. The summed E-state index contributed by atoms with van der Waals surface area (Å²) < 4.78 is 0. The van der Waals surface area contributed by atoms with E-state index in [1.54, 1.807) is 0 Å². The van der Waals surface area contributed by atoms with E-state index in [-0.39, 0.29) is 6.61 Å². The number of aliphatic hydroxyl groups is 1. The maximum atomic E-state index is 11.5. The minimum Gasteiger partial charge on any atom is -0.395 e. The van der Waals surface area contributed by atoms with Crippen LogP contribution < -0.4 is 0 Å². The first-order valence-corrected chi connectivity index (χ1v) is 6.63. The van der Waals surface area contributed by atoms with E-state index in [0.29, 0.717) is 5.91 Å². The van der Waals surface area contributed by atoms with Crippen LogP contribution in [0, 0.1) is 0 Å². The lowest BCUT2D eigenvalue weighted by Crippen LogP contribution is -2.49. The quantitative estimate of drug-likeness (QED) is 0.686. The Balaban J connectivity index is 1.63. The van der Waals surface area contributed by atoms with Gasteiger partial charge in [0, 0.05) is 58.8 Å². The summed E-state index contributed by atoms with van der Waals surface area (Å²) in [5, 5.41) is 8.86. The third-order valence-electron chi connectivity index (χ3n) is 3.74. The van der Waals surface area contributed by atoms with Crippen LogP contribution in [0.4, 0.5) is 0 Å². The number of carbonyl (C=O) groups excluding carboxylic acids is 1. The standard InChI is InChI=1S/C12H23N3O2/c16-11-10-14-6-4-13(5-7-14)8-9-15-3-1-2-12(15)17/h16H,1-11H2.